The first-order chi connectivity index (χ1) is 9.20. The second kappa shape index (κ2) is 6.57. The van der Waals surface area contributed by atoms with Crippen molar-refractivity contribution < 1.29 is 9.90 Å². The van der Waals surface area contributed by atoms with Crippen LogP contribution in [-0.4, -0.2) is 36.8 Å². The molecule has 1 unspecified atom stereocenters. The first-order valence-electron chi connectivity index (χ1n) is 7.02. The summed E-state index contributed by atoms with van der Waals surface area (Å²) in [4.78, 5) is 13.3. The van der Waals surface area contributed by atoms with Crippen LogP contribution < -0.4 is 10.2 Å². The molecular weight excluding hydrogens is 240 g/mol. The van der Waals surface area contributed by atoms with Crippen molar-refractivity contribution in [2.75, 3.05) is 24.5 Å². The summed E-state index contributed by atoms with van der Waals surface area (Å²) < 4.78 is 0. The maximum atomic E-state index is 11.0. The smallest absolute Gasteiger partial charge is 0.335 e. The van der Waals surface area contributed by atoms with E-state index >= 15 is 0 Å². The minimum Gasteiger partial charge on any atom is -0.478 e. The summed E-state index contributed by atoms with van der Waals surface area (Å²) in [5.74, 6) is -0.862. The number of carboxylic acid groups (broad SMARTS) is 1. The van der Waals surface area contributed by atoms with E-state index in [0.29, 0.717) is 11.6 Å². The highest BCUT2D eigenvalue weighted by Crippen LogP contribution is 2.19. The Bertz CT molecular complexity index is 434. The van der Waals surface area contributed by atoms with Gasteiger partial charge >= 0.3 is 5.97 Å². The van der Waals surface area contributed by atoms with Crippen LogP contribution in [0.3, 0.4) is 0 Å². The van der Waals surface area contributed by atoms with E-state index in [1.165, 1.54) is 19.3 Å². The molecule has 0 radical (unpaired) electrons. The van der Waals surface area contributed by atoms with Crippen LogP contribution in [0.4, 0.5) is 5.69 Å². The molecule has 4 nitrogen and oxygen atoms in total. The zero-order chi connectivity index (χ0) is 13.7. The lowest BCUT2D eigenvalue weighted by Crippen LogP contribution is -2.50. The monoisotopic (exact) mass is 262 g/mol. The van der Waals surface area contributed by atoms with Crippen LogP contribution in [0.25, 0.3) is 0 Å². The SMILES string of the molecule is CCCCC1CN(c2cccc(C(=O)O)c2)CCN1. The zero-order valence-corrected chi connectivity index (χ0v) is 11.4. The number of carboxylic acids is 1. The number of aromatic carboxylic acids is 1. The number of nitrogens with one attached hydrogen (secondary N) is 1. The fraction of sp³-hybridized carbons (Fsp3) is 0.533. The molecule has 1 fully saturated rings. The molecule has 1 aromatic carbocycles. The van der Waals surface area contributed by atoms with Crippen molar-refractivity contribution in [1.82, 2.24) is 5.32 Å². The van der Waals surface area contributed by atoms with Crippen LogP contribution in [0.5, 0.6) is 0 Å². The molecule has 0 aliphatic carbocycles. The molecule has 1 aromatic rings. The highest BCUT2D eigenvalue weighted by Gasteiger charge is 2.19. The summed E-state index contributed by atoms with van der Waals surface area (Å²) in [6, 6.07) is 7.74. The minimum absolute atomic E-state index is 0.362. The molecule has 0 amide bonds. The Morgan fingerprint density at radius 1 is 1.53 bits per heavy atom. The molecule has 1 saturated heterocycles. The van der Waals surface area contributed by atoms with E-state index in [9.17, 15) is 4.79 Å². The first kappa shape index (κ1) is 13.9. The lowest BCUT2D eigenvalue weighted by Gasteiger charge is -2.35. The van der Waals surface area contributed by atoms with E-state index in [2.05, 4.69) is 17.1 Å². The van der Waals surface area contributed by atoms with E-state index in [0.717, 1.165) is 25.3 Å². The molecule has 2 N–H and O–H groups in total. The van der Waals surface area contributed by atoms with E-state index in [1.54, 1.807) is 12.1 Å². The number of piperazine rings is 1. The third-order valence-corrected chi connectivity index (χ3v) is 3.62. The van der Waals surface area contributed by atoms with Gasteiger partial charge in [-0.15, -0.1) is 0 Å². The fourth-order valence-corrected chi connectivity index (χ4v) is 2.54. The molecule has 1 aliphatic heterocycles. The van der Waals surface area contributed by atoms with Gasteiger partial charge in [-0.25, -0.2) is 4.79 Å². The molecule has 4 heteroatoms. The molecule has 19 heavy (non-hydrogen) atoms. The van der Waals surface area contributed by atoms with Gasteiger partial charge < -0.3 is 15.3 Å². The Morgan fingerprint density at radius 2 is 2.37 bits per heavy atom. The van der Waals surface area contributed by atoms with E-state index < -0.39 is 5.97 Å². The number of unbranched alkanes of at least 4 members (excludes halogenated alkanes) is 1. The molecule has 2 rings (SSSR count). The Hall–Kier alpha value is -1.55. The predicted octanol–water partition coefficient (Wildman–Crippen LogP) is 2.35. The highest BCUT2D eigenvalue weighted by atomic mass is 16.4. The molecule has 0 bridgehead atoms. The lowest BCUT2D eigenvalue weighted by atomic mass is 10.1. The van der Waals surface area contributed by atoms with Gasteiger partial charge in [0.15, 0.2) is 0 Å². The molecule has 0 aromatic heterocycles. The number of benzene rings is 1. The zero-order valence-electron chi connectivity index (χ0n) is 11.4. The average molecular weight is 262 g/mol. The van der Waals surface area contributed by atoms with Gasteiger partial charge in [0.05, 0.1) is 5.56 Å². The predicted molar refractivity (Wildman–Crippen MR) is 76.9 cm³/mol. The summed E-state index contributed by atoms with van der Waals surface area (Å²) in [5.41, 5.74) is 1.38. The van der Waals surface area contributed by atoms with Gasteiger partial charge in [-0.05, 0) is 24.6 Å². The maximum Gasteiger partial charge on any atom is 0.335 e. The fourth-order valence-electron chi connectivity index (χ4n) is 2.54. The first-order valence-corrected chi connectivity index (χ1v) is 7.02. The van der Waals surface area contributed by atoms with Crippen molar-refractivity contribution in [3.63, 3.8) is 0 Å². The third-order valence-electron chi connectivity index (χ3n) is 3.62. The van der Waals surface area contributed by atoms with Gasteiger partial charge in [-0.3, -0.25) is 0 Å². The van der Waals surface area contributed by atoms with Gasteiger partial charge in [-0.1, -0.05) is 25.8 Å². The Morgan fingerprint density at radius 3 is 3.11 bits per heavy atom. The molecular formula is C15H22N2O2. The largest absolute Gasteiger partial charge is 0.478 e. The van der Waals surface area contributed by atoms with Crippen LogP contribution in [0, 0.1) is 0 Å². The Balaban J connectivity index is 2.04. The van der Waals surface area contributed by atoms with Gasteiger partial charge in [0.1, 0.15) is 0 Å². The van der Waals surface area contributed by atoms with Gasteiger partial charge in [0.2, 0.25) is 0 Å². The number of nitrogens with zero attached hydrogens (tertiary/aromatic N) is 1. The van der Waals surface area contributed by atoms with Crippen LogP contribution in [0.1, 0.15) is 36.5 Å². The van der Waals surface area contributed by atoms with E-state index in [1.807, 2.05) is 12.1 Å². The van der Waals surface area contributed by atoms with Crippen LogP contribution in [0.2, 0.25) is 0 Å². The molecule has 1 heterocycles. The highest BCUT2D eigenvalue weighted by molar-refractivity contribution is 5.88. The van der Waals surface area contributed by atoms with Crippen molar-refractivity contribution in [1.29, 1.82) is 0 Å². The average Bonchev–Trinajstić information content (AvgIpc) is 2.45. The standard InChI is InChI=1S/C15H22N2O2/c1-2-3-6-13-11-17(9-8-16-13)14-7-4-5-12(10-14)15(18)19/h4-5,7,10,13,16H,2-3,6,8-9,11H2,1H3,(H,18,19). The third kappa shape index (κ3) is 3.70. The second-order valence-electron chi connectivity index (χ2n) is 5.09. The summed E-state index contributed by atoms with van der Waals surface area (Å²) in [6.45, 7) is 5.07. The van der Waals surface area contributed by atoms with Crippen molar-refractivity contribution in [2.24, 2.45) is 0 Å². The topological polar surface area (TPSA) is 52.6 Å². The quantitative estimate of drug-likeness (QED) is 0.855. The van der Waals surface area contributed by atoms with E-state index in [-0.39, 0.29) is 0 Å². The van der Waals surface area contributed by atoms with Crippen molar-refractivity contribution in [3.05, 3.63) is 29.8 Å². The minimum atomic E-state index is -0.862. The van der Waals surface area contributed by atoms with Gasteiger partial charge in [-0.2, -0.15) is 0 Å². The number of rotatable bonds is 5. The number of anilines is 1. The van der Waals surface area contributed by atoms with Gasteiger partial charge in [0, 0.05) is 31.4 Å². The summed E-state index contributed by atoms with van der Waals surface area (Å²) in [6.07, 6.45) is 3.64. The molecule has 1 atom stereocenters. The maximum absolute atomic E-state index is 11.0. The normalized spacial score (nSPS) is 19.4. The number of carbonyl (C=O) groups is 1. The van der Waals surface area contributed by atoms with E-state index in [4.69, 9.17) is 5.11 Å². The Labute approximate surface area is 114 Å². The van der Waals surface area contributed by atoms with Crippen LogP contribution in [-0.2, 0) is 0 Å². The molecule has 104 valence electrons. The summed E-state index contributed by atoms with van der Waals surface area (Å²) >= 11 is 0. The van der Waals surface area contributed by atoms with Crippen molar-refractivity contribution in [3.8, 4) is 0 Å². The number of hydrogen-bond acceptors (Lipinski definition) is 3. The molecule has 0 saturated carbocycles. The summed E-state index contributed by atoms with van der Waals surface area (Å²) in [7, 11) is 0. The number of hydrogen-bond donors (Lipinski definition) is 2. The summed E-state index contributed by atoms with van der Waals surface area (Å²) in [5, 5.41) is 12.6. The van der Waals surface area contributed by atoms with Crippen molar-refractivity contribution >= 4 is 11.7 Å². The second-order valence-corrected chi connectivity index (χ2v) is 5.09. The van der Waals surface area contributed by atoms with Crippen molar-refractivity contribution in [2.45, 2.75) is 32.2 Å². The lowest BCUT2D eigenvalue weighted by molar-refractivity contribution is 0.0697. The molecule has 1 aliphatic rings. The van der Waals surface area contributed by atoms with Crippen LogP contribution in [0.15, 0.2) is 24.3 Å². The van der Waals surface area contributed by atoms with Gasteiger partial charge in [0.25, 0.3) is 0 Å². The van der Waals surface area contributed by atoms with Crippen LogP contribution >= 0.6 is 0 Å². The molecule has 0 spiro atoms. The Kier molecular flexibility index (Phi) is 4.80.